The van der Waals surface area contributed by atoms with E-state index in [2.05, 4.69) is 33.8 Å². The van der Waals surface area contributed by atoms with Crippen molar-refractivity contribution in [2.24, 2.45) is 0 Å². The molecule has 0 radical (unpaired) electrons. The van der Waals surface area contributed by atoms with Gasteiger partial charge in [-0.2, -0.15) is 0 Å². The second-order valence-corrected chi connectivity index (χ2v) is 8.32. The van der Waals surface area contributed by atoms with Crippen LogP contribution in [0.1, 0.15) is 32.8 Å². The van der Waals surface area contributed by atoms with Gasteiger partial charge >= 0.3 is 5.97 Å². The summed E-state index contributed by atoms with van der Waals surface area (Å²) in [5.74, 6) is -0.385. The minimum atomic E-state index is -0.358. The SMILES string of the molecule is COC(=O)c1ccc(CCC(=O)Nc2ccc(N3CCc4sccc4C3)cc2)cc1. The van der Waals surface area contributed by atoms with Crippen LogP contribution in [0.2, 0.25) is 0 Å². The first-order chi connectivity index (χ1) is 14.6. The van der Waals surface area contributed by atoms with Gasteiger partial charge in [-0.05, 0) is 71.8 Å². The summed E-state index contributed by atoms with van der Waals surface area (Å²) in [5.41, 5.74) is 4.91. The Morgan fingerprint density at radius 3 is 2.57 bits per heavy atom. The van der Waals surface area contributed by atoms with Gasteiger partial charge < -0.3 is 15.0 Å². The van der Waals surface area contributed by atoms with E-state index in [0.717, 1.165) is 30.8 Å². The summed E-state index contributed by atoms with van der Waals surface area (Å²) in [5, 5.41) is 5.13. The Balaban J connectivity index is 1.28. The van der Waals surface area contributed by atoms with Crippen molar-refractivity contribution in [3.63, 3.8) is 0 Å². The van der Waals surface area contributed by atoms with Crippen molar-refractivity contribution in [2.75, 3.05) is 23.9 Å². The van der Waals surface area contributed by atoms with Crippen molar-refractivity contribution >= 4 is 34.6 Å². The molecular weight excluding hydrogens is 396 g/mol. The van der Waals surface area contributed by atoms with Crippen LogP contribution in [0.25, 0.3) is 0 Å². The van der Waals surface area contributed by atoms with Gasteiger partial charge in [-0.15, -0.1) is 11.3 Å². The molecule has 1 aliphatic rings. The number of nitrogens with zero attached hydrogens (tertiary/aromatic N) is 1. The predicted molar refractivity (Wildman–Crippen MR) is 120 cm³/mol. The number of hydrogen-bond donors (Lipinski definition) is 1. The van der Waals surface area contributed by atoms with Crippen LogP contribution in [0, 0.1) is 0 Å². The molecule has 6 heteroatoms. The van der Waals surface area contributed by atoms with Gasteiger partial charge in [0.1, 0.15) is 0 Å². The minimum absolute atomic E-state index is 0.0271. The van der Waals surface area contributed by atoms with Crippen LogP contribution in [0.15, 0.2) is 60.0 Å². The number of rotatable bonds is 6. The van der Waals surface area contributed by atoms with Crippen molar-refractivity contribution in [3.8, 4) is 0 Å². The topological polar surface area (TPSA) is 58.6 Å². The Morgan fingerprint density at radius 2 is 1.83 bits per heavy atom. The van der Waals surface area contributed by atoms with E-state index in [9.17, 15) is 9.59 Å². The highest BCUT2D eigenvalue weighted by Crippen LogP contribution is 2.28. The van der Waals surface area contributed by atoms with E-state index in [1.54, 1.807) is 12.1 Å². The molecule has 3 aromatic rings. The van der Waals surface area contributed by atoms with Gasteiger partial charge in [0.2, 0.25) is 5.91 Å². The number of aryl methyl sites for hydroxylation is 1. The number of carbonyl (C=O) groups excluding carboxylic acids is 2. The standard InChI is InChI=1S/C24H24N2O3S/c1-29-24(28)18-5-2-17(3-6-18)4-11-23(27)25-20-7-9-21(10-8-20)26-14-12-22-19(16-26)13-15-30-22/h2-3,5-10,13,15H,4,11-12,14,16H2,1H3,(H,25,27). The number of carbonyl (C=O) groups is 2. The van der Waals surface area contributed by atoms with Gasteiger partial charge in [-0.1, -0.05) is 12.1 Å². The monoisotopic (exact) mass is 420 g/mol. The summed E-state index contributed by atoms with van der Waals surface area (Å²) in [6.07, 6.45) is 2.08. The molecular formula is C24H24N2O3S. The number of anilines is 2. The lowest BCUT2D eigenvalue weighted by Gasteiger charge is -2.29. The van der Waals surface area contributed by atoms with E-state index < -0.39 is 0 Å². The van der Waals surface area contributed by atoms with Gasteiger partial charge in [-0.25, -0.2) is 4.79 Å². The lowest BCUT2D eigenvalue weighted by atomic mass is 10.1. The van der Waals surface area contributed by atoms with Crippen LogP contribution in [-0.4, -0.2) is 25.5 Å². The number of nitrogens with one attached hydrogen (secondary N) is 1. The number of methoxy groups -OCH3 is 1. The first-order valence-electron chi connectivity index (χ1n) is 10.00. The average Bonchev–Trinajstić information content (AvgIpc) is 3.26. The van der Waals surface area contributed by atoms with Gasteiger partial charge in [0.25, 0.3) is 0 Å². The Hall–Kier alpha value is -3.12. The summed E-state index contributed by atoms with van der Waals surface area (Å²) in [4.78, 5) is 27.6. The van der Waals surface area contributed by atoms with Crippen molar-refractivity contribution < 1.29 is 14.3 Å². The van der Waals surface area contributed by atoms with Crippen molar-refractivity contribution in [1.82, 2.24) is 0 Å². The molecule has 154 valence electrons. The molecule has 0 aliphatic carbocycles. The largest absolute Gasteiger partial charge is 0.465 e. The predicted octanol–water partition coefficient (Wildman–Crippen LogP) is 4.67. The Bertz CT molecular complexity index is 1030. The summed E-state index contributed by atoms with van der Waals surface area (Å²) in [7, 11) is 1.36. The number of fused-ring (bicyclic) bond motifs is 1. The molecule has 0 atom stereocenters. The van der Waals surface area contributed by atoms with E-state index in [1.165, 1.54) is 23.2 Å². The minimum Gasteiger partial charge on any atom is -0.465 e. The van der Waals surface area contributed by atoms with E-state index in [1.807, 2.05) is 35.6 Å². The summed E-state index contributed by atoms with van der Waals surface area (Å²) in [6, 6.07) is 17.4. The summed E-state index contributed by atoms with van der Waals surface area (Å²) >= 11 is 1.84. The second kappa shape index (κ2) is 9.13. The number of thiophene rings is 1. The maximum absolute atomic E-state index is 12.3. The van der Waals surface area contributed by atoms with E-state index >= 15 is 0 Å². The van der Waals surface area contributed by atoms with Crippen molar-refractivity contribution in [3.05, 3.63) is 81.5 Å². The molecule has 0 spiro atoms. The Kier molecular flexibility index (Phi) is 6.14. The average molecular weight is 421 g/mol. The van der Waals surface area contributed by atoms with Crippen molar-refractivity contribution in [2.45, 2.75) is 25.8 Å². The Labute approximate surface area is 180 Å². The molecule has 1 amide bonds. The zero-order chi connectivity index (χ0) is 20.9. The highest BCUT2D eigenvalue weighted by molar-refractivity contribution is 7.10. The van der Waals surface area contributed by atoms with Gasteiger partial charge in [0.05, 0.1) is 12.7 Å². The highest BCUT2D eigenvalue weighted by Gasteiger charge is 2.17. The molecule has 1 aliphatic heterocycles. The number of ether oxygens (including phenoxy) is 1. The zero-order valence-corrected chi connectivity index (χ0v) is 17.7. The van der Waals surface area contributed by atoms with Crippen LogP contribution >= 0.6 is 11.3 Å². The second-order valence-electron chi connectivity index (χ2n) is 7.32. The lowest BCUT2D eigenvalue weighted by Crippen LogP contribution is -2.29. The maximum Gasteiger partial charge on any atom is 0.337 e. The molecule has 0 saturated heterocycles. The lowest BCUT2D eigenvalue weighted by molar-refractivity contribution is -0.116. The molecule has 0 saturated carbocycles. The number of benzene rings is 2. The third kappa shape index (κ3) is 4.71. The number of esters is 1. The summed E-state index contributed by atoms with van der Waals surface area (Å²) in [6.45, 7) is 1.97. The number of amides is 1. The van der Waals surface area contributed by atoms with Crippen LogP contribution in [0.3, 0.4) is 0 Å². The van der Waals surface area contributed by atoms with E-state index in [0.29, 0.717) is 18.4 Å². The zero-order valence-electron chi connectivity index (χ0n) is 16.9. The first kappa shape index (κ1) is 20.2. The third-order valence-corrected chi connectivity index (χ3v) is 6.36. The fraction of sp³-hybridized carbons (Fsp3) is 0.250. The van der Waals surface area contributed by atoms with Crippen molar-refractivity contribution in [1.29, 1.82) is 0 Å². The highest BCUT2D eigenvalue weighted by atomic mass is 32.1. The molecule has 0 bridgehead atoms. The van der Waals surface area contributed by atoms with Gasteiger partial charge in [0.15, 0.2) is 0 Å². The quantitative estimate of drug-likeness (QED) is 0.589. The molecule has 1 N–H and O–H groups in total. The fourth-order valence-electron chi connectivity index (χ4n) is 3.63. The molecule has 2 aromatic carbocycles. The third-order valence-electron chi connectivity index (χ3n) is 5.34. The first-order valence-corrected chi connectivity index (χ1v) is 10.9. The normalized spacial score (nSPS) is 12.9. The van der Waals surface area contributed by atoms with Gasteiger partial charge in [-0.3, -0.25) is 4.79 Å². The van der Waals surface area contributed by atoms with Gasteiger partial charge in [0, 0.05) is 35.8 Å². The molecule has 0 unspecified atom stereocenters. The van der Waals surface area contributed by atoms with Crippen LogP contribution < -0.4 is 10.2 Å². The maximum atomic E-state index is 12.3. The van der Waals surface area contributed by atoms with E-state index in [4.69, 9.17) is 4.74 Å². The van der Waals surface area contributed by atoms with E-state index in [-0.39, 0.29) is 11.9 Å². The molecule has 1 aromatic heterocycles. The summed E-state index contributed by atoms with van der Waals surface area (Å²) < 4.78 is 4.69. The fourth-order valence-corrected chi connectivity index (χ4v) is 4.52. The number of hydrogen-bond acceptors (Lipinski definition) is 5. The molecule has 0 fully saturated rings. The molecule has 5 nitrogen and oxygen atoms in total. The smallest absolute Gasteiger partial charge is 0.337 e. The van der Waals surface area contributed by atoms with Crippen LogP contribution in [0.5, 0.6) is 0 Å². The molecule has 30 heavy (non-hydrogen) atoms. The molecule has 4 rings (SSSR count). The van der Waals surface area contributed by atoms with Crippen LogP contribution in [0.4, 0.5) is 11.4 Å². The molecule has 2 heterocycles. The Morgan fingerprint density at radius 1 is 1.07 bits per heavy atom. The van der Waals surface area contributed by atoms with Crippen LogP contribution in [-0.2, 0) is 28.9 Å².